The van der Waals surface area contributed by atoms with Crippen LogP contribution >= 0.6 is 24.0 Å². The molecule has 2 N–H and O–H groups in total. The summed E-state index contributed by atoms with van der Waals surface area (Å²) in [6, 6.07) is 3.19. The summed E-state index contributed by atoms with van der Waals surface area (Å²) >= 11 is 5.65. The number of likely N-dealkylation sites (tertiary alicyclic amines) is 1. The number of hydrogen-bond donors (Lipinski definition) is 1. The summed E-state index contributed by atoms with van der Waals surface area (Å²) in [7, 11) is 0. The lowest BCUT2D eigenvalue weighted by molar-refractivity contribution is -0.137. The Morgan fingerprint density at radius 1 is 1.37 bits per heavy atom. The molecule has 0 spiro atoms. The number of halogens is 5. The fourth-order valence-electron chi connectivity index (χ4n) is 1.76. The second kappa shape index (κ2) is 5.56. The van der Waals surface area contributed by atoms with Crippen LogP contribution in [0.3, 0.4) is 0 Å². The van der Waals surface area contributed by atoms with Crippen LogP contribution in [0.5, 0.6) is 0 Å². The molecule has 0 unspecified atom stereocenters. The highest BCUT2D eigenvalue weighted by Crippen LogP contribution is 2.36. The van der Waals surface area contributed by atoms with Gasteiger partial charge in [-0.15, -0.1) is 12.4 Å². The molecule has 1 fully saturated rings. The van der Waals surface area contributed by atoms with Crippen LogP contribution in [0, 0.1) is 0 Å². The second-order valence-corrected chi connectivity index (χ2v) is 4.51. The highest BCUT2D eigenvalue weighted by Gasteiger charge is 2.36. The Hall–Kier alpha value is -0.980. The Labute approximate surface area is 118 Å². The molecular formula is C11H11Cl2F3N2O. The van der Waals surface area contributed by atoms with Crippen LogP contribution in [-0.4, -0.2) is 29.9 Å². The third kappa shape index (κ3) is 3.13. The molecule has 2 rings (SSSR count). The number of carbonyl (C=O) groups is 1. The van der Waals surface area contributed by atoms with Crippen molar-refractivity contribution in [1.29, 1.82) is 0 Å². The van der Waals surface area contributed by atoms with Crippen molar-refractivity contribution in [1.82, 2.24) is 4.90 Å². The summed E-state index contributed by atoms with van der Waals surface area (Å²) in [5.41, 5.74) is 4.37. The molecule has 0 saturated carbocycles. The Kier molecular flexibility index (Phi) is 4.71. The predicted molar refractivity (Wildman–Crippen MR) is 67.6 cm³/mol. The summed E-state index contributed by atoms with van der Waals surface area (Å²) in [6.07, 6.45) is -4.57. The third-order valence-electron chi connectivity index (χ3n) is 2.73. The van der Waals surface area contributed by atoms with E-state index in [1.807, 2.05) is 0 Å². The Bertz CT molecular complexity index is 487. The topological polar surface area (TPSA) is 46.3 Å². The van der Waals surface area contributed by atoms with Crippen molar-refractivity contribution in [2.75, 3.05) is 13.1 Å². The smallest absolute Gasteiger partial charge is 0.335 e. The lowest BCUT2D eigenvalue weighted by Crippen LogP contribution is -2.57. The van der Waals surface area contributed by atoms with Gasteiger partial charge in [0.2, 0.25) is 0 Å². The van der Waals surface area contributed by atoms with Gasteiger partial charge < -0.3 is 10.6 Å². The van der Waals surface area contributed by atoms with Gasteiger partial charge in [-0.25, -0.2) is 0 Å². The summed E-state index contributed by atoms with van der Waals surface area (Å²) < 4.78 is 37.9. The molecule has 1 aliphatic heterocycles. The zero-order valence-electron chi connectivity index (χ0n) is 9.58. The Balaban J connectivity index is 0.00000180. The van der Waals surface area contributed by atoms with E-state index in [4.69, 9.17) is 17.3 Å². The van der Waals surface area contributed by atoms with Crippen molar-refractivity contribution in [3.8, 4) is 0 Å². The summed E-state index contributed by atoms with van der Waals surface area (Å²) in [5.74, 6) is -0.521. The van der Waals surface area contributed by atoms with Gasteiger partial charge in [0.1, 0.15) is 0 Å². The number of nitrogens with zero attached hydrogens (tertiary/aromatic N) is 1. The zero-order chi connectivity index (χ0) is 13.5. The van der Waals surface area contributed by atoms with Crippen LogP contribution in [0.4, 0.5) is 13.2 Å². The highest BCUT2D eigenvalue weighted by molar-refractivity contribution is 6.34. The van der Waals surface area contributed by atoms with Crippen molar-refractivity contribution in [2.24, 2.45) is 5.73 Å². The first-order valence-electron chi connectivity index (χ1n) is 5.21. The molecule has 19 heavy (non-hydrogen) atoms. The Morgan fingerprint density at radius 3 is 2.42 bits per heavy atom. The van der Waals surface area contributed by atoms with Crippen molar-refractivity contribution in [2.45, 2.75) is 12.2 Å². The monoisotopic (exact) mass is 314 g/mol. The first-order valence-corrected chi connectivity index (χ1v) is 5.59. The van der Waals surface area contributed by atoms with Crippen LogP contribution in [0.2, 0.25) is 5.02 Å². The molecule has 0 aromatic heterocycles. The number of alkyl halides is 3. The van der Waals surface area contributed by atoms with Gasteiger partial charge in [-0.3, -0.25) is 4.79 Å². The van der Waals surface area contributed by atoms with Crippen LogP contribution in [0.25, 0.3) is 0 Å². The Morgan fingerprint density at radius 2 is 1.95 bits per heavy atom. The molecule has 1 amide bonds. The maximum absolute atomic E-state index is 12.6. The maximum atomic E-state index is 12.6. The van der Waals surface area contributed by atoms with Gasteiger partial charge in [0.25, 0.3) is 5.91 Å². The number of hydrogen-bond acceptors (Lipinski definition) is 2. The molecule has 3 nitrogen and oxygen atoms in total. The maximum Gasteiger partial charge on any atom is 0.417 e. The van der Waals surface area contributed by atoms with Gasteiger partial charge in [-0.1, -0.05) is 17.7 Å². The molecule has 0 bridgehead atoms. The molecule has 0 atom stereocenters. The predicted octanol–water partition coefficient (Wildman–Crippen LogP) is 2.56. The summed E-state index contributed by atoms with van der Waals surface area (Å²) in [5, 5.41) is -0.560. The van der Waals surface area contributed by atoms with Gasteiger partial charge in [0, 0.05) is 19.1 Å². The lowest BCUT2D eigenvalue weighted by Gasteiger charge is -2.37. The fourth-order valence-corrected chi connectivity index (χ4v) is 2.08. The molecule has 8 heteroatoms. The van der Waals surface area contributed by atoms with Crippen molar-refractivity contribution < 1.29 is 18.0 Å². The van der Waals surface area contributed by atoms with Crippen LogP contribution in [0.1, 0.15) is 15.9 Å². The van der Waals surface area contributed by atoms with Crippen molar-refractivity contribution in [3.63, 3.8) is 0 Å². The van der Waals surface area contributed by atoms with E-state index in [1.165, 1.54) is 17.0 Å². The third-order valence-corrected chi connectivity index (χ3v) is 3.14. The average molecular weight is 315 g/mol. The van der Waals surface area contributed by atoms with Gasteiger partial charge in [-0.05, 0) is 12.1 Å². The number of benzene rings is 1. The number of nitrogens with two attached hydrogens (primary N) is 1. The number of amides is 1. The molecular weight excluding hydrogens is 304 g/mol. The van der Waals surface area contributed by atoms with Crippen LogP contribution in [0.15, 0.2) is 18.2 Å². The van der Waals surface area contributed by atoms with Gasteiger partial charge in [0.15, 0.2) is 0 Å². The van der Waals surface area contributed by atoms with E-state index in [0.717, 1.165) is 6.07 Å². The minimum atomic E-state index is -4.57. The number of carbonyl (C=O) groups excluding carboxylic acids is 1. The zero-order valence-corrected chi connectivity index (χ0v) is 11.1. The van der Waals surface area contributed by atoms with Gasteiger partial charge in [-0.2, -0.15) is 13.2 Å². The highest BCUT2D eigenvalue weighted by atomic mass is 35.5. The summed E-state index contributed by atoms with van der Waals surface area (Å²) in [4.78, 5) is 13.3. The van der Waals surface area contributed by atoms with Crippen LogP contribution < -0.4 is 5.73 Å². The largest absolute Gasteiger partial charge is 0.417 e. The van der Waals surface area contributed by atoms with E-state index in [2.05, 4.69) is 0 Å². The quantitative estimate of drug-likeness (QED) is 0.866. The second-order valence-electron chi connectivity index (χ2n) is 4.14. The molecule has 0 aliphatic carbocycles. The van der Waals surface area contributed by atoms with Gasteiger partial charge in [0.05, 0.1) is 16.1 Å². The number of rotatable bonds is 1. The molecule has 1 aliphatic rings. The first-order chi connectivity index (χ1) is 8.30. The molecule has 1 heterocycles. The van der Waals surface area contributed by atoms with E-state index < -0.39 is 22.7 Å². The van der Waals surface area contributed by atoms with E-state index in [9.17, 15) is 18.0 Å². The average Bonchev–Trinajstić information content (AvgIpc) is 2.22. The molecule has 1 aromatic carbocycles. The van der Waals surface area contributed by atoms with Crippen LogP contribution in [-0.2, 0) is 6.18 Å². The lowest BCUT2D eigenvalue weighted by atomic mass is 10.1. The SMILES string of the molecule is Cl.NC1CN(C(=O)c2cccc(C(F)(F)F)c2Cl)C1. The summed E-state index contributed by atoms with van der Waals surface area (Å²) in [6.45, 7) is 0.677. The van der Waals surface area contributed by atoms with Crippen molar-refractivity contribution in [3.05, 3.63) is 34.3 Å². The van der Waals surface area contributed by atoms with E-state index in [1.54, 1.807) is 0 Å². The molecule has 106 valence electrons. The normalized spacial score (nSPS) is 15.7. The van der Waals surface area contributed by atoms with E-state index >= 15 is 0 Å². The molecule has 1 aromatic rings. The standard InChI is InChI=1S/C11H10ClF3N2O.ClH/c12-9-7(10(18)17-4-6(16)5-17)2-1-3-8(9)11(13,14)15;/h1-3,6H,4-5,16H2;1H. The van der Waals surface area contributed by atoms with E-state index in [0.29, 0.717) is 13.1 Å². The minimum Gasteiger partial charge on any atom is -0.335 e. The fraction of sp³-hybridized carbons (Fsp3) is 0.364. The van der Waals surface area contributed by atoms with Gasteiger partial charge >= 0.3 is 6.18 Å². The molecule has 0 radical (unpaired) electrons. The van der Waals surface area contributed by atoms with Crippen molar-refractivity contribution >= 4 is 29.9 Å². The first kappa shape index (κ1) is 16.1. The minimum absolute atomic E-state index is 0. The molecule has 1 saturated heterocycles. The van der Waals surface area contributed by atoms with E-state index in [-0.39, 0.29) is 24.0 Å².